The smallest absolute Gasteiger partial charge is 0.332 e. The van der Waals surface area contributed by atoms with Crippen molar-refractivity contribution < 1.29 is 19.4 Å². The predicted octanol–water partition coefficient (Wildman–Crippen LogP) is 1.06. The Balaban J connectivity index is 3.90. The first kappa shape index (κ1) is 11.2. The molecule has 72 valence electrons. The van der Waals surface area contributed by atoms with Gasteiger partial charge in [-0.3, -0.25) is 0 Å². The molecule has 13 heavy (non-hydrogen) atoms. The van der Waals surface area contributed by atoms with Crippen LogP contribution in [-0.4, -0.2) is 12.1 Å². The van der Waals surface area contributed by atoms with E-state index in [0.29, 0.717) is 0 Å². The minimum atomic E-state index is -1.18. The maximum Gasteiger partial charge on any atom is 0.447 e. The lowest BCUT2D eigenvalue weighted by atomic mass is 10.2. The zero-order chi connectivity index (χ0) is 10.3. The minimum absolute atomic E-state index is 0.0862. The highest BCUT2D eigenvalue weighted by molar-refractivity contribution is 5.90. The molecule has 0 radical (unpaired) electrons. The van der Waals surface area contributed by atoms with Crippen molar-refractivity contribution in [3.63, 3.8) is 0 Å². The van der Waals surface area contributed by atoms with Crippen molar-refractivity contribution in [2.75, 3.05) is 0 Å². The number of nitrogens with two attached hydrogens (primary N) is 1. The molecule has 0 aromatic rings. The average molecular weight is 185 g/mol. The Morgan fingerprint density at radius 3 is 2.54 bits per heavy atom. The Hall–Kier alpha value is -1.78. The second kappa shape index (κ2) is 5.82. The summed E-state index contributed by atoms with van der Waals surface area (Å²) in [5.74, 6) is -0.844. The lowest BCUT2D eigenvalue weighted by Crippen LogP contribution is -2.17. The molecule has 5 heteroatoms. The summed E-state index contributed by atoms with van der Waals surface area (Å²) in [5.41, 5.74) is 4.64. The SMILES string of the molecule is C=C(/C=C/CC)C(=O)OOC(N)=O. The van der Waals surface area contributed by atoms with Crippen LogP contribution in [0.15, 0.2) is 24.3 Å². The van der Waals surface area contributed by atoms with E-state index in [1.807, 2.05) is 6.92 Å². The summed E-state index contributed by atoms with van der Waals surface area (Å²) in [7, 11) is 0. The van der Waals surface area contributed by atoms with Gasteiger partial charge in [-0.2, -0.15) is 0 Å². The van der Waals surface area contributed by atoms with E-state index in [0.717, 1.165) is 6.42 Å². The summed E-state index contributed by atoms with van der Waals surface area (Å²) < 4.78 is 0. The molecule has 0 heterocycles. The largest absolute Gasteiger partial charge is 0.447 e. The van der Waals surface area contributed by atoms with Crippen molar-refractivity contribution in [3.05, 3.63) is 24.3 Å². The maximum absolute atomic E-state index is 10.8. The quantitative estimate of drug-likeness (QED) is 0.308. The number of carbonyl (C=O) groups excluding carboxylic acids is 2. The van der Waals surface area contributed by atoms with Gasteiger partial charge in [0.05, 0.1) is 5.57 Å². The molecule has 0 rings (SSSR count). The number of hydrogen-bond acceptors (Lipinski definition) is 4. The van der Waals surface area contributed by atoms with E-state index in [1.165, 1.54) is 6.08 Å². The fraction of sp³-hybridized carbons (Fsp3) is 0.250. The van der Waals surface area contributed by atoms with E-state index < -0.39 is 12.1 Å². The second-order valence-electron chi connectivity index (χ2n) is 2.11. The summed E-state index contributed by atoms with van der Waals surface area (Å²) in [4.78, 5) is 28.7. The molecular formula is C8H11NO4. The molecule has 5 nitrogen and oxygen atoms in total. The molecule has 0 atom stereocenters. The van der Waals surface area contributed by atoms with Gasteiger partial charge in [0.25, 0.3) is 0 Å². The minimum Gasteiger partial charge on any atom is -0.332 e. The standard InChI is InChI=1S/C8H11NO4/c1-3-4-5-6(2)7(10)12-13-8(9)11/h4-5H,2-3H2,1H3,(H2,9,11)/b5-4+. The van der Waals surface area contributed by atoms with Crippen LogP contribution in [0.2, 0.25) is 0 Å². The van der Waals surface area contributed by atoms with Crippen LogP contribution in [0.5, 0.6) is 0 Å². The number of hydrogen-bond donors (Lipinski definition) is 1. The predicted molar refractivity (Wildman–Crippen MR) is 45.3 cm³/mol. The Labute approximate surface area is 75.7 Å². The van der Waals surface area contributed by atoms with Crippen LogP contribution >= 0.6 is 0 Å². The van der Waals surface area contributed by atoms with Gasteiger partial charge in [-0.25, -0.2) is 19.4 Å². The Morgan fingerprint density at radius 1 is 1.46 bits per heavy atom. The number of rotatable bonds is 3. The number of amides is 1. The van der Waals surface area contributed by atoms with Crippen molar-refractivity contribution in [1.29, 1.82) is 0 Å². The first-order chi connectivity index (χ1) is 6.07. The molecular weight excluding hydrogens is 174 g/mol. The Kier molecular flexibility index (Phi) is 5.02. The summed E-state index contributed by atoms with van der Waals surface area (Å²) in [5, 5.41) is 0. The van der Waals surface area contributed by atoms with E-state index in [2.05, 4.69) is 22.1 Å². The zero-order valence-electron chi connectivity index (χ0n) is 7.28. The third-order valence-corrected chi connectivity index (χ3v) is 1.02. The highest BCUT2D eigenvalue weighted by Gasteiger charge is 2.08. The van der Waals surface area contributed by atoms with Crippen LogP contribution in [0.1, 0.15) is 13.3 Å². The molecule has 0 aliphatic heterocycles. The van der Waals surface area contributed by atoms with Crippen LogP contribution in [0, 0.1) is 0 Å². The molecule has 1 amide bonds. The number of carbonyl (C=O) groups is 2. The molecule has 0 saturated heterocycles. The fourth-order valence-electron chi connectivity index (χ4n) is 0.461. The first-order valence-corrected chi connectivity index (χ1v) is 3.61. The summed E-state index contributed by atoms with van der Waals surface area (Å²) >= 11 is 0. The third kappa shape index (κ3) is 5.49. The van der Waals surface area contributed by atoms with Gasteiger partial charge in [0.1, 0.15) is 0 Å². The van der Waals surface area contributed by atoms with Crippen LogP contribution in [0.25, 0.3) is 0 Å². The van der Waals surface area contributed by atoms with Crippen molar-refractivity contribution >= 4 is 12.1 Å². The van der Waals surface area contributed by atoms with Gasteiger partial charge in [-0.1, -0.05) is 25.7 Å². The Bertz CT molecular complexity index is 245. The number of primary amides is 1. The molecule has 0 aromatic heterocycles. The molecule has 2 N–H and O–H groups in total. The molecule has 0 bridgehead atoms. The van der Waals surface area contributed by atoms with Crippen molar-refractivity contribution in [1.82, 2.24) is 0 Å². The normalized spacial score (nSPS) is 9.62. The van der Waals surface area contributed by atoms with E-state index in [1.54, 1.807) is 6.08 Å². The topological polar surface area (TPSA) is 78.6 Å². The summed E-state index contributed by atoms with van der Waals surface area (Å²) in [6.45, 7) is 5.27. The molecule has 0 aliphatic carbocycles. The molecule has 0 fully saturated rings. The highest BCUT2D eigenvalue weighted by Crippen LogP contribution is 1.98. The van der Waals surface area contributed by atoms with Gasteiger partial charge in [0.15, 0.2) is 0 Å². The van der Waals surface area contributed by atoms with Gasteiger partial charge >= 0.3 is 12.1 Å². The van der Waals surface area contributed by atoms with Gasteiger partial charge < -0.3 is 5.73 Å². The van der Waals surface area contributed by atoms with E-state index in [-0.39, 0.29) is 5.57 Å². The molecule has 0 aromatic carbocycles. The Morgan fingerprint density at radius 2 is 2.08 bits per heavy atom. The molecule has 0 saturated carbocycles. The molecule has 0 unspecified atom stereocenters. The second-order valence-corrected chi connectivity index (χ2v) is 2.11. The van der Waals surface area contributed by atoms with Crippen LogP contribution in [0.3, 0.4) is 0 Å². The summed E-state index contributed by atoms with van der Waals surface area (Å²) in [6.07, 6.45) is 2.77. The average Bonchev–Trinajstić information content (AvgIpc) is 2.10. The van der Waals surface area contributed by atoms with Crippen molar-refractivity contribution in [2.45, 2.75) is 13.3 Å². The van der Waals surface area contributed by atoms with Crippen molar-refractivity contribution in [3.8, 4) is 0 Å². The molecule has 0 aliphatic rings. The van der Waals surface area contributed by atoms with Crippen LogP contribution < -0.4 is 5.73 Å². The number of allylic oxidation sites excluding steroid dienone is 1. The lowest BCUT2D eigenvalue weighted by molar-refractivity contribution is -0.225. The van der Waals surface area contributed by atoms with E-state index in [4.69, 9.17) is 0 Å². The van der Waals surface area contributed by atoms with Crippen molar-refractivity contribution in [2.24, 2.45) is 5.73 Å². The monoisotopic (exact) mass is 185 g/mol. The van der Waals surface area contributed by atoms with Gasteiger partial charge in [0.2, 0.25) is 0 Å². The fourth-order valence-corrected chi connectivity index (χ4v) is 0.461. The third-order valence-electron chi connectivity index (χ3n) is 1.02. The van der Waals surface area contributed by atoms with E-state index >= 15 is 0 Å². The summed E-state index contributed by atoms with van der Waals surface area (Å²) in [6, 6.07) is 0. The maximum atomic E-state index is 10.8. The van der Waals surface area contributed by atoms with E-state index in [9.17, 15) is 9.59 Å². The molecule has 0 spiro atoms. The van der Waals surface area contributed by atoms with Crippen LogP contribution in [0.4, 0.5) is 4.79 Å². The first-order valence-electron chi connectivity index (χ1n) is 3.61. The van der Waals surface area contributed by atoms with Gasteiger partial charge in [0, 0.05) is 0 Å². The van der Waals surface area contributed by atoms with Gasteiger partial charge in [-0.15, -0.1) is 0 Å². The van der Waals surface area contributed by atoms with Gasteiger partial charge in [-0.05, 0) is 6.42 Å². The van der Waals surface area contributed by atoms with Crippen LogP contribution in [-0.2, 0) is 14.6 Å². The lowest BCUT2D eigenvalue weighted by Gasteiger charge is -1.98. The highest BCUT2D eigenvalue weighted by atomic mass is 17.2. The zero-order valence-corrected chi connectivity index (χ0v) is 7.28.